The van der Waals surface area contributed by atoms with Crippen molar-refractivity contribution in [2.24, 2.45) is 5.73 Å². The van der Waals surface area contributed by atoms with Crippen molar-refractivity contribution in [1.29, 1.82) is 0 Å². The smallest absolute Gasteiger partial charge is 0.106 e. The van der Waals surface area contributed by atoms with Crippen molar-refractivity contribution in [3.63, 3.8) is 0 Å². The van der Waals surface area contributed by atoms with Gasteiger partial charge in [0.1, 0.15) is 4.99 Å². The molecule has 0 unspecified atom stereocenters. The van der Waals surface area contributed by atoms with Crippen LogP contribution in [0.3, 0.4) is 0 Å². The molecule has 1 fully saturated rings. The van der Waals surface area contributed by atoms with Gasteiger partial charge in [-0.1, -0.05) is 42.5 Å². The van der Waals surface area contributed by atoms with Crippen molar-refractivity contribution >= 4 is 22.8 Å². The van der Waals surface area contributed by atoms with Crippen LogP contribution in [-0.2, 0) is 0 Å². The fourth-order valence-corrected chi connectivity index (χ4v) is 2.30. The molecule has 2 rings (SSSR count). The Morgan fingerprint density at radius 1 is 1.12 bits per heavy atom. The van der Waals surface area contributed by atoms with Crippen LogP contribution in [0.4, 0.5) is 0 Å². The van der Waals surface area contributed by atoms with E-state index in [-0.39, 0.29) is 0 Å². The highest BCUT2D eigenvalue weighted by Gasteiger charge is 2.10. The maximum absolute atomic E-state index is 5.82. The predicted molar refractivity (Wildman–Crippen MR) is 76.6 cm³/mol. The summed E-state index contributed by atoms with van der Waals surface area (Å²) in [5, 5.41) is 0. The minimum Gasteiger partial charge on any atom is -0.389 e. The summed E-state index contributed by atoms with van der Waals surface area (Å²) in [5.74, 6) is 0. The number of likely N-dealkylation sites (tertiary alicyclic amines) is 1. The van der Waals surface area contributed by atoms with Crippen LogP contribution in [0.15, 0.2) is 36.5 Å². The standard InChI is InChI=1S/C14H18N2S/c15-14(17)13(12-7-3-1-4-8-12)11-16-9-5-2-6-10-16/h1,3-4,7-8,11H,2,5-6,9-10H2,(H2,15,17)/b13-11+. The van der Waals surface area contributed by atoms with Gasteiger partial charge in [0.25, 0.3) is 0 Å². The minimum atomic E-state index is 0.474. The van der Waals surface area contributed by atoms with Crippen molar-refractivity contribution in [1.82, 2.24) is 4.90 Å². The Morgan fingerprint density at radius 3 is 2.35 bits per heavy atom. The average molecular weight is 246 g/mol. The van der Waals surface area contributed by atoms with Crippen molar-refractivity contribution in [2.45, 2.75) is 19.3 Å². The zero-order chi connectivity index (χ0) is 12.1. The second-order valence-electron chi connectivity index (χ2n) is 4.37. The zero-order valence-electron chi connectivity index (χ0n) is 9.93. The molecule has 3 heteroatoms. The van der Waals surface area contributed by atoms with Gasteiger partial charge in [-0.25, -0.2) is 0 Å². The lowest BCUT2D eigenvalue weighted by Gasteiger charge is -2.26. The number of benzene rings is 1. The Labute approximate surface area is 108 Å². The Hall–Kier alpha value is -1.35. The summed E-state index contributed by atoms with van der Waals surface area (Å²) in [4.78, 5) is 2.80. The Morgan fingerprint density at radius 2 is 1.76 bits per heavy atom. The monoisotopic (exact) mass is 246 g/mol. The number of hydrogen-bond acceptors (Lipinski definition) is 2. The zero-order valence-corrected chi connectivity index (χ0v) is 10.7. The molecule has 0 amide bonds. The highest BCUT2D eigenvalue weighted by molar-refractivity contribution is 7.81. The molecule has 1 aliphatic heterocycles. The SMILES string of the molecule is NC(=S)/C(=C/N1CCCCC1)c1ccccc1. The van der Waals surface area contributed by atoms with E-state index in [9.17, 15) is 0 Å². The Kier molecular flexibility index (Phi) is 4.15. The third kappa shape index (κ3) is 3.30. The van der Waals surface area contributed by atoms with Gasteiger partial charge in [0.15, 0.2) is 0 Å². The Balaban J connectivity index is 2.22. The summed E-state index contributed by atoms with van der Waals surface area (Å²) in [6.07, 6.45) is 5.97. The van der Waals surface area contributed by atoms with Crippen molar-refractivity contribution < 1.29 is 0 Å². The van der Waals surface area contributed by atoms with Gasteiger partial charge in [-0.15, -0.1) is 0 Å². The van der Waals surface area contributed by atoms with Crippen LogP contribution in [0.25, 0.3) is 5.57 Å². The van der Waals surface area contributed by atoms with Crippen LogP contribution in [0, 0.1) is 0 Å². The first-order valence-corrected chi connectivity index (χ1v) is 6.49. The molecule has 0 bridgehead atoms. The topological polar surface area (TPSA) is 29.3 Å². The predicted octanol–water partition coefficient (Wildman–Crippen LogP) is 2.80. The van der Waals surface area contributed by atoms with E-state index >= 15 is 0 Å². The lowest BCUT2D eigenvalue weighted by atomic mass is 10.1. The number of nitrogens with zero attached hydrogens (tertiary/aromatic N) is 1. The molecule has 0 aliphatic carbocycles. The minimum absolute atomic E-state index is 0.474. The third-order valence-electron chi connectivity index (χ3n) is 3.05. The highest BCUT2D eigenvalue weighted by Crippen LogP contribution is 2.18. The summed E-state index contributed by atoms with van der Waals surface area (Å²) in [6, 6.07) is 10.1. The second kappa shape index (κ2) is 5.82. The van der Waals surface area contributed by atoms with Crippen LogP contribution in [0.2, 0.25) is 0 Å². The molecule has 1 saturated heterocycles. The molecule has 1 heterocycles. The number of rotatable bonds is 3. The van der Waals surface area contributed by atoms with Gasteiger partial charge in [-0.2, -0.15) is 0 Å². The molecule has 0 radical (unpaired) electrons. The fourth-order valence-electron chi connectivity index (χ4n) is 2.13. The number of piperidine rings is 1. The van der Waals surface area contributed by atoms with Gasteiger partial charge in [0.2, 0.25) is 0 Å². The second-order valence-corrected chi connectivity index (χ2v) is 4.81. The summed E-state index contributed by atoms with van der Waals surface area (Å²) in [5.41, 5.74) is 7.90. The van der Waals surface area contributed by atoms with E-state index in [4.69, 9.17) is 18.0 Å². The van der Waals surface area contributed by atoms with Gasteiger partial charge < -0.3 is 10.6 Å². The summed E-state index contributed by atoms with van der Waals surface area (Å²) in [7, 11) is 0. The van der Waals surface area contributed by atoms with E-state index in [2.05, 4.69) is 23.2 Å². The lowest BCUT2D eigenvalue weighted by Crippen LogP contribution is -2.26. The van der Waals surface area contributed by atoms with Crippen LogP contribution >= 0.6 is 12.2 Å². The first-order valence-electron chi connectivity index (χ1n) is 6.08. The van der Waals surface area contributed by atoms with Gasteiger partial charge >= 0.3 is 0 Å². The molecule has 1 aromatic carbocycles. The first-order chi connectivity index (χ1) is 8.27. The number of hydrogen-bond donors (Lipinski definition) is 1. The molecule has 0 atom stereocenters. The molecule has 2 N–H and O–H groups in total. The van der Waals surface area contributed by atoms with E-state index < -0.39 is 0 Å². The van der Waals surface area contributed by atoms with Crippen molar-refractivity contribution in [3.8, 4) is 0 Å². The molecule has 1 aromatic rings. The van der Waals surface area contributed by atoms with Crippen LogP contribution in [0.5, 0.6) is 0 Å². The van der Waals surface area contributed by atoms with Crippen molar-refractivity contribution in [3.05, 3.63) is 42.1 Å². The first kappa shape index (κ1) is 12.1. The fraction of sp³-hybridized carbons (Fsp3) is 0.357. The third-order valence-corrected chi connectivity index (χ3v) is 3.27. The van der Waals surface area contributed by atoms with Gasteiger partial charge in [-0.05, 0) is 24.8 Å². The van der Waals surface area contributed by atoms with Crippen LogP contribution < -0.4 is 5.73 Å². The maximum Gasteiger partial charge on any atom is 0.106 e. The number of nitrogens with two attached hydrogens (primary N) is 1. The highest BCUT2D eigenvalue weighted by atomic mass is 32.1. The van der Waals surface area contributed by atoms with Gasteiger partial charge in [0, 0.05) is 24.9 Å². The molecule has 90 valence electrons. The molecular formula is C14H18N2S. The molecular weight excluding hydrogens is 228 g/mol. The van der Waals surface area contributed by atoms with E-state index in [1.54, 1.807) is 0 Å². The van der Waals surface area contributed by atoms with Crippen LogP contribution in [-0.4, -0.2) is 23.0 Å². The summed E-state index contributed by atoms with van der Waals surface area (Å²) in [6.45, 7) is 2.22. The van der Waals surface area contributed by atoms with E-state index in [0.717, 1.165) is 24.2 Å². The average Bonchev–Trinajstić information content (AvgIpc) is 2.38. The maximum atomic E-state index is 5.82. The quantitative estimate of drug-likeness (QED) is 0.657. The summed E-state index contributed by atoms with van der Waals surface area (Å²) >= 11 is 5.15. The molecule has 17 heavy (non-hydrogen) atoms. The molecule has 0 spiro atoms. The van der Waals surface area contributed by atoms with E-state index in [1.807, 2.05) is 18.2 Å². The largest absolute Gasteiger partial charge is 0.389 e. The van der Waals surface area contributed by atoms with Crippen LogP contribution in [0.1, 0.15) is 24.8 Å². The Bertz CT molecular complexity index is 405. The lowest BCUT2D eigenvalue weighted by molar-refractivity contribution is 0.310. The molecule has 0 aromatic heterocycles. The van der Waals surface area contributed by atoms with E-state index in [1.165, 1.54) is 19.3 Å². The van der Waals surface area contributed by atoms with Gasteiger partial charge in [-0.3, -0.25) is 0 Å². The summed E-state index contributed by atoms with van der Waals surface area (Å²) < 4.78 is 0. The molecule has 0 saturated carbocycles. The van der Waals surface area contributed by atoms with E-state index in [0.29, 0.717) is 4.99 Å². The number of thiocarbonyl (C=S) groups is 1. The molecule has 2 nitrogen and oxygen atoms in total. The van der Waals surface area contributed by atoms with Gasteiger partial charge in [0.05, 0.1) is 0 Å². The normalized spacial score (nSPS) is 16.9. The molecule has 1 aliphatic rings. The van der Waals surface area contributed by atoms with Crippen molar-refractivity contribution in [2.75, 3.05) is 13.1 Å².